The number of Topliss-reactive ketones (excluding diaryl/α,β-unsaturated/α-hetero) is 1. The first-order chi connectivity index (χ1) is 17.9. The van der Waals surface area contributed by atoms with E-state index in [0.717, 1.165) is 48.2 Å². The fraction of sp³-hybridized carbons (Fsp3) is 0.400. The predicted octanol–water partition coefficient (Wildman–Crippen LogP) is 6.20. The number of dihydropyridines is 1. The predicted molar refractivity (Wildman–Crippen MR) is 142 cm³/mol. The lowest BCUT2D eigenvalue weighted by Gasteiger charge is -2.37. The van der Waals surface area contributed by atoms with E-state index in [9.17, 15) is 9.59 Å². The van der Waals surface area contributed by atoms with E-state index in [1.165, 1.54) is 0 Å². The molecule has 7 heteroatoms. The number of ether oxygens (including phenoxy) is 3. The second kappa shape index (κ2) is 10.6. The highest BCUT2D eigenvalue weighted by Gasteiger charge is 2.42. The number of carbonyl (C=O) groups is 2. The average Bonchev–Trinajstić information content (AvgIpc) is 3.40. The van der Waals surface area contributed by atoms with Crippen molar-refractivity contribution in [2.45, 2.75) is 63.4 Å². The third-order valence-corrected chi connectivity index (χ3v) is 7.96. The molecule has 0 bridgehead atoms. The van der Waals surface area contributed by atoms with Gasteiger partial charge < -0.3 is 19.5 Å². The molecular weight excluding hydrogens is 490 g/mol. The number of nitrogens with one attached hydrogen (secondary N) is 1. The van der Waals surface area contributed by atoms with Crippen LogP contribution in [0.1, 0.15) is 68.4 Å². The summed E-state index contributed by atoms with van der Waals surface area (Å²) in [4.78, 5) is 27.3. The molecular formula is C30H32ClNO5. The summed E-state index contributed by atoms with van der Waals surface area (Å²) in [5.41, 5.74) is 4.59. The smallest absolute Gasteiger partial charge is 0.337 e. The molecule has 194 valence electrons. The van der Waals surface area contributed by atoms with Gasteiger partial charge in [-0.05, 0) is 80.3 Å². The zero-order valence-electron chi connectivity index (χ0n) is 21.4. The Balaban J connectivity index is 1.52. The van der Waals surface area contributed by atoms with Crippen LogP contribution in [0.3, 0.4) is 0 Å². The first-order valence-corrected chi connectivity index (χ1v) is 13.2. The molecule has 0 unspecified atom stereocenters. The van der Waals surface area contributed by atoms with Gasteiger partial charge in [-0.3, -0.25) is 4.79 Å². The van der Waals surface area contributed by atoms with Gasteiger partial charge in [0.25, 0.3) is 0 Å². The highest BCUT2D eigenvalue weighted by Crippen LogP contribution is 2.47. The van der Waals surface area contributed by atoms with Crippen LogP contribution in [0.15, 0.2) is 65.0 Å². The van der Waals surface area contributed by atoms with E-state index in [-0.39, 0.29) is 23.8 Å². The highest BCUT2D eigenvalue weighted by molar-refractivity contribution is 6.30. The second-order valence-electron chi connectivity index (χ2n) is 10.00. The Bertz CT molecular complexity index is 1270. The van der Waals surface area contributed by atoms with E-state index >= 15 is 0 Å². The molecule has 1 saturated carbocycles. The van der Waals surface area contributed by atoms with E-state index in [4.69, 9.17) is 25.8 Å². The van der Waals surface area contributed by atoms with Crippen LogP contribution in [-0.2, 0) is 14.3 Å². The van der Waals surface area contributed by atoms with E-state index in [1.807, 2.05) is 37.3 Å². The second-order valence-corrected chi connectivity index (χ2v) is 10.4. The minimum absolute atomic E-state index is 0.0205. The number of halogens is 1. The van der Waals surface area contributed by atoms with Gasteiger partial charge in [-0.2, -0.15) is 0 Å². The number of esters is 1. The Labute approximate surface area is 222 Å². The zero-order chi connectivity index (χ0) is 26.1. The Morgan fingerprint density at radius 3 is 2.30 bits per heavy atom. The molecule has 0 amide bonds. The Kier molecular flexibility index (Phi) is 7.29. The van der Waals surface area contributed by atoms with Crippen molar-refractivity contribution in [1.82, 2.24) is 5.32 Å². The molecule has 0 aromatic heterocycles. The van der Waals surface area contributed by atoms with Crippen molar-refractivity contribution in [3.05, 3.63) is 81.2 Å². The van der Waals surface area contributed by atoms with Crippen LogP contribution in [0, 0.1) is 0 Å². The van der Waals surface area contributed by atoms with Gasteiger partial charge in [0, 0.05) is 34.3 Å². The fourth-order valence-corrected chi connectivity index (χ4v) is 5.99. The third-order valence-electron chi connectivity index (χ3n) is 7.71. The summed E-state index contributed by atoms with van der Waals surface area (Å²) in [6.07, 6.45) is 4.83. The molecule has 0 spiro atoms. The van der Waals surface area contributed by atoms with Crippen molar-refractivity contribution in [3.63, 3.8) is 0 Å². The summed E-state index contributed by atoms with van der Waals surface area (Å²) in [6, 6.07) is 13.2. The summed E-state index contributed by atoms with van der Waals surface area (Å²) in [6.45, 7) is 1.89. The highest BCUT2D eigenvalue weighted by atomic mass is 35.5. The lowest BCUT2D eigenvalue weighted by Crippen LogP contribution is -2.36. The van der Waals surface area contributed by atoms with Crippen LogP contribution >= 0.6 is 11.6 Å². The molecule has 0 saturated heterocycles. The summed E-state index contributed by atoms with van der Waals surface area (Å²) in [5, 5.41) is 4.03. The van der Waals surface area contributed by atoms with Gasteiger partial charge in [-0.25, -0.2) is 4.79 Å². The van der Waals surface area contributed by atoms with Crippen molar-refractivity contribution < 1.29 is 23.8 Å². The lowest BCUT2D eigenvalue weighted by atomic mass is 9.71. The molecule has 0 radical (unpaired) electrons. The monoisotopic (exact) mass is 521 g/mol. The first-order valence-electron chi connectivity index (χ1n) is 12.8. The number of rotatable bonds is 6. The van der Waals surface area contributed by atoms with Crippen molar-refractivity contribution >= 4 is 23.4 Å². The SMILES string of the molecule is COc1ccc([C@H]2CC(=O)C3=C(C2)NC(C)=C(C(=O)OC2CCCC2)[C@@H]3c2ccc(Cl)cc2)cc1OC. The topological polar surface area (TPSA) is 73.9 Å². The molecule has 2 aromatic carbocycles. The number of allylic oxidation sites excluding steroid dienone is 3. The third kappa shape index (κ3) is 4.99. The summed E-state index contributed by atoms with van der Waals surface area (Å²) in [7, 11) is 3.21. The molecule has 3 aliphatic rings. The van der Waals surface area contributed by atoms with Gasteiger partial charge in [0.15, 0.2) is 17.3 Å². The maximum atomic E-state index is 13.8. The minimum Gasteiger partial charge on any atom is -0.493 e. The molecule has 2 aromatic rings. The normalized spacial score (nSPS) is 22.0. The zero-order valence-corrected chi connectivity index (χ0v) is 22.2. The van der Waals surface area contributed by atoms with Crippen molar-refractivity contribution in [3.8, 4) is 11.5 Å². The molecule has 1 N–H and O–H groups in total. The molecule has 2 aliphatic carbocycles. The first kappa shape index (κ1) is 25.4. The number of ketones is 1. The fourth-order valence-electron chi connectivity index (χ4n) is 5.86. The van der Waals surface area contributed by atoms with E-state index < -0.39 is 5.92 Å². The quantitative estimate of drug-likeness (QED) is 0.456. The average molecular weight is 522 g/mol. The van der Waals surface area contributed by atoms with Gasteiger partial charge in [-0.1, -0.05) is 29.8 Å². The van der Waals surface area contributed by atoms with E-state index in [0.29, 0.717) is 40.5 Å². The van der Waals surface area contributed by atoms with Gasteiger partial charge in [-0.15, -0.1) is 0 Å². The van der Waals surface area contributed by atoms with Gasteiger partial charge in [0.2, 0.25) is 0 Å². The molecule has 1 aliphatic heterocycles. The minimum atomic E-state index is -0.499. The van der Waals surface area contributed by atoms with Crippen LogP contribution in [-0.4, -0.2) is 32.1 Å². The van der Waals surface area contributed by atoms with Gasteiger partial charge in [0.1, 0.15) is 6.10 Å². The van der Waals surface area contributed by atoms with Crippen LogP contribution in [0.25, 0.3) is 0 Å². The van der Waals surface area contributed by atoms with Crippen molar-refractivity contribution in [2.24, 2.45) is 0 Å². The maximum absolute atomic E-state index is 13.8. The van der Waals surface area contributed by atoms with E-state index in [2.05, 4.69) is 5.32 Å². The van der Waals surface area contributed by atoms with Gasteiger partial charge >= 0.3 is 5.97 Å². The van der Waals surface area contributed by atoms with Crippen LogP contribution in [0.2, 0.25) is 5.02 Å². The molecule has 6 nitrogen and oxygen atoms in total. The van der Waals surface area contributed by atoms with Crippen LogP contribution < -0.4 is 14.8 Å². The maximum Gasteiger partial charge on any atom is 0.337 e. The number of hydrogen-bond acceptors (Lipinski definition) is 6. The number of benzene rings is 2. The standard InChI is InChI=1S/C30H32ClNO5/c1-17-27(30(34)37-22-6-4-5-7-22)28(18-8-11-21(31)12-9-18)29-23(32-17)14-20(15-24(29)33)19-10-13-25(35-2)26(16-19)36-3/h8-13,16,20,22,28,32H,4-7,14-15H2,1-3H3/t20-,28+/m1/s1. The Morgan fingerprint density at radius 1 is 0.946 bits per heavy atom. The molecule has 5 rings (SSSR count). The van der Waals surface area contributed by atoms with Crippen LogP contribution in [0.5, 0.6) is 11.5 Å². The summed E-state index contributed by atoms with van der Waals surface area (Å²) in [5.74, 6) is 0.433. The number of hydrogen-bond donors (Lipinski definition) is 1. The molecule has 1 heterocycles. The molecule has 1 fully saturated rings. The van der Waals surface area contributed by atoms with Gasteiger partial charge in [0.05, 0.1) is 19.8 Å². The summed E-state index contributed by atoms with van der Waals surface area (Å²) >= 11 is 6.18. The van der Waals surface area contributed by atoms with Crippen LogP contribution in [0.4, 0.5) is 0 Å². The molecule has 37 heavy (non-hydrogen) atoms. The largest absolute Gasteiger partial charge is 0.493 e. The van der Waals surface area contributed by atoms with Crippen molar-refractivity contribution in [1.29, 1.82) is 0 Å². The Hall–Kier alpha value is -3.25. The van der Waals surface area contributed by atoms with Crippen molar-refractivity contribution in [2.75, 3.05) is 14.2 Å². The summed E-state index contributed by atoms with van der Waals surface area (Å²) < 4.78 is 16.8. The molecule has 2 atom stereocenters. The number of methoxy groups -OCH3 is 2. The number of carbonyl (C=O) groups excluding carboxylic acids is 2. The Morgan fingerprint density at radius 2 is 1.62 bits per heavy atom. The van der Waals surface area contributed by atoms with E-state index in [1.54, 1.807) is 26.4 Å². The lowest BCUT2D eigenvalue weighted by molar-refractivity contribution is -0.144.